The molecule has 0 bridgehead atoms. The summed E-state index contributed by atoms with van der Waals surface area (Å²) in [4.78, 5) is 22.8. The van der Waals surface area contributed by atoms with Crippen molar-refractivity contribution in [1.82, 2.24) is 15.0 Å². The van der Waals surface area contributed by atoms with E-state index >= 15 is 0 Å². The van der Waals surface area contributed by atoms with Gasteiger partial charge in [-0.05, 0) is 67.2 Å². The molecule has 0 saturated heterocycles. The van der Waals surface area contributed by atoms with E-state index in [0.29, 0.717) is 5.69 Å². The molecule has 0 atom stereocenters. The van der Waals surface area contributed by atoms with Crippen LogP contribution in [0.4, 0.5) is 11.4 Å². The first-order valence-electron chi connectivity index (χ1n) is 9.61. The maximum absolute atomic E-state index is 11.7. The monoisotopic (exact) mass is 696 g/mol. The molecule has 0 amide bonds. The molecule has 0 N–H and O–H groups in total. The fraction of sp³-hybridized carbons (Fsp3) is 0. The Bertz CT molecular complexity index is 1780. The predicted molar refractivity (Wildman–Crippen MR) is 131 cm³/mol. The summed E-state index contributed by atoms with van der Waals surface area (Å²) in [7, 11) is -8.03. The minimum Gasteiger partial charge on any atom is -0.754 e. The number of aromatic nitrogens is 4. The van der Waals surface area contributed by atoms with Gasteiger partial charge in [-0.2, -0.15) is 24.3 Å². The van der Waals surface area contributed by atoms with Gasteiger partial charge in [-0.1, -0.05) is 0 Å². The van der Waals surface area contributed by atoms with Crippen LogP contribution in [0.5, 0.6) is 0 Å². The van der Waals surface area contributed by atoms with Crippen molar-refractivity contribution >= 4 is 54.7 Å². The number of benzene rings is 3. The van der Waals surface area contributed by atoms with Crippen LogP contribution < -0.4 is 34.4 Å². The minimum atomic E-state index is -4.92. The van der Waals surface area contributed by atoms with Crippen LogP contribution in [0.15, 0.2) is 65.6 Å². The number of hydrogen-bond donors (Lipinski definition) is 0. The van der Waals surface area contributed by atoms with Gasteiger partial charge in [0, 0.05) is 20.5 Å². The van der Waals surface area contributed by atoms with E-state index in [1.165, 1.54) is 12.1 Å². The Labute approximate surface area is 255 Å². The quantitative estimate of drug-likeness (QED) is 0.0420. The average Bonchev–Trinajstić information content (AvgIpc) is 3.28. The molecule has 0 aliphatic rings. The van der Waals surface area contributed by atoms with E-state index in [-0.39, 0.29) is 46.6 Å². The smallest absolute Gasteiger partial charge is 0.754 e. The van der Waals surface area contributed by atoms with E-state index in [0.717, 1.165) is 37.4 Å². The molecule has 4 rings (SSSR count). The molecule has 0 aliphatic carbocycles. The van der Waals surface area contributed by atoms with Crippen LogP contribution in [0.25, 0.3) is 22.8 Å². The van der Waals surface area contributed by atoms with Gasteiger partial charge in [0.1, 0.15) is 5.69 Å². The van der Waals surface area contributed by atoms with Crippen molar-refractivity contribution in [3.8, 4) is 22.8 Å². The van der Waals surface area contributed by atoms with Crippen LogP contribution >= 0.6 is 22.6 Å². The zero-order valence-electron chi connectivity index (χ0n) is 19.2. The van der Waals surface area contributed by atoms with Crippen LogP contribution in [0, 0.1) is 29.9 Å². The Hall–Kier alpha value is -3.21. The zero-order valence-corrected chi connectivity index (χ0v) is 25.0. The Kier molecular flexibility index (Phi) is 10.9. The van der Waals surface area contributed by atoms with Gasteiger partial charge in [0.2, 0.25) is 0 Å². The fourth-order valence-corrected chi connectivity index (χ4v) is 4.04. The first kappa shape index (κ1) is 32.0. The third-order valence-electron chi connectivity index (χ3n) is 4.53. The minimum absolute atomic E-state index is 0. The van der Waals surface area contributed by atoms with E-state index < -0.39 is 46.8 Å². The number of halogens is 1. The number of non-ortho nitro benzene ring substituents is 1. The molecular weight excluding hydrogens is 686 g/mol. The summed E-state index contributed by atoms with van der Waals surface area (Å²) < 4.78 is 61.4. The molecule has 16 nitrogen and oxygen atoms in total. The first-order valence-corrected chi connectivity index (χ1v) is 13.1. The molecule has 39 heavy (non-hydrogen) atoms. The summed E-state index contributed by atoms with van der Waals surface area (Å²) in [6.07, 6.45) is 0. The van der Waals surface area contributed by atoms with E-state index in [4.69, 9.17) is 12.6 Å². The van der Waals surface area contributed by atoms with Gasteiger partial charge in [0.25, 0.3) is 11.4 Å². The van der Waals surface area contributed by atoms with Gasteiger partial charge < -0.3 is 4.55 Å². The number of nitrogens with zero attached hydrogens (tertiary/aromatic N) is 6. The maximum Gasteiger partial charge on any atom is 1.00 e. The molecule has 0 spiro atoms. The van der Waals surface area contributed by atoms with E-state index in [1.54, 1.807) is 24.3 Å². The van der Waals surface area contributed by atoms with Crippen LogP contribution in [-0.2, 0) is 20.7 Å². The van der Waals surface area contributed by atoms with E-state index in [1.807, 2.05) is 0 Å². The molecular formula is C19H10IN6NaO10S2. The molecule has 0 aliphatic heterocycles. The maximum atomic E-state index is 11.7. The second-order valence-corrected chi connectivity index (χ2v) is 9.85. The third kappa shape index (κ3) is 7.90. The van der Waals surface area contributed by atoms with Crippen molar-refractivity contribution in [2.75, 3.05) is 0 Å². The third-order valence-corrected chi connectivity index (χ3v) is 6.13. The molecule has 0 unspecified atom stereocenters. The Morgan fingerprint density at radius 2 is 1.62 bits per heavy atom. The molecule has 0 saturated carbocycles. The van der Waals surface area contributed by atoms with Crippen LogP contribution in [-0.4, -0.2) is 50.4 Å². The molecule has 196 valence electrons. The van der Waals surface area contributed by atoms with Crippen LogP contribution in [0.2, 0.25) is 0 Å². The topological polar surface area (TPSA) is 229 Å². The summed E-state index contributed by atoms with van der Waals surface area (Å²) >= 11 is 2.08. The average molecular weight is 696 g/mol. The molecule has 20 heteroatoms. The second kappa shape index (κ2) is 13.2. The van der Waals surface area contributed by atoms with Crippen molar-refractivity contribution in [3.63, 3.8) is 0 Å². The number of nitro groups is 2. The molecule has 0 radical (unpaired) electrons. The van der Waals surface area contributed by atoms with Crippen molar-refractivity contribution in [3.05, 3.63) is 90.5 Å². The molecule has 1 heterocycles. The van der Waals surface area contributed by atoms with Crippen molar-refractivity contribution in [2.45, 2.75) is 4.90 Å². The molecule has 1 aromatic heterocycles. The summed E-state index contributed by atoms with van der Waals surface area (Å²) in [6.45, 7) is 0. The number of nitro benzene ring substituents is 2. The zero-order chi connectivity index (χ0) is 28.2. The van der Waals surface area contributed by atoms with Gasteiger partial charge >= 0.3 is 51.7 Å². The van der Waals surface area contributed by atoms with Crippen molar-refractivity contribution in [1.29, 1.82) is 0 Å². The van der Waals surface area contributed by atoms with Crippen molar-refractivity contribution in [2.24, 2.45) is 0 Å². The van der Waals surface area contributed by atoms with Gasteiger partial charge in [-0.15, -0.1) is 12.6 Å². The fourth-order valence-electron chi connectivity index (χ4n) is 3.04. The second-order valence-electron chi connectivity index (χ2n) is 6.85. The van der Waals surface area contributed by atoms with Crippen LogP contribution in [0.3, 0.4) is 0 Å². The standard InChI is InChI=1S/C19H11IN6O7S.Na.O3S/c20-12-5-7-13(8-6-12)23-21-19(15-3-1-2-4-18(15)34(31,32)33)22-24(23)16-10-9-14(25(27)28)11-17(16)26(29)30;;1-4(2)3/h1,3-11H,(H,31,32,33);;/q;+1;/p-1. The number of tetrazole rings is 1. The summed E-state index contributed by atoms with van der Waals surface area (Å²) in [5, 5.41) is 31.3. The SMILES string of the molecule is O=S(=O)=O.O=[N+]([O-])c1ccc(-[n+]2nc(-c3cc[c-]cc3S(=O)(=O)[O-])nn2-c2ccc(I)cc2)c([N+](=O)[O-])c1.[Na+]. The molecule has 0 fully saturated rings. The van der Waals surface area contributed by atoms with Crippen molar-refractivity contribution < 1.29 is 69.8 Å². The normalized spacial score (nSPS) is 10.5. The number of rotatable bonds is 6. The van der Waals surface area contributed by atoms with Crippen LogP contribution in [0.1, 0.15) is 0 Å². The van der Waals surface area contributed by atoms with Gasteiger partial charge in [-0.25, -0.2) is 0 Å². The Morgan fingerprint density at radius 3 is 2.15 bits per heavy atom. The predicted octanol–water partition coefficient (Wildman–Crippen LogP) is -1.66. The van der Waals surface area contributed by atoms with E-state index in [2.05, 4.69) is 38.9 Å². The number of hydrogen-bond acceptors (Lipinski definition) is 12. The molecule has 4 aromatic rings. The summed E-state index contributed by atoms with van der Waals surface area (Å²) in [5.41, 5.74) is -1.07. The Balaban J connectivity index is 0.000000998. The largest absolute Gasteiger partial charge is 1.00 e. The summed E-state index contributed by atoms with van der Waals surface area (Å²) in [6, 6.07) is 15.8. The summed E-state index contributed by atoms with van der Waals surface area (Å²) in [5.74, 6) is -0.227. The Morgan fingerprint density at radius 1 is 1.00 bits per heavy atom. The molecule has 3 aromatic carbocycles. The van der Waals surface area contributed by atoms with E-state index in [9.17, 15) is 33.2 Å². The van der Waals surface area contributed by atoms with Gasteiger partial charge in [0.15, 0.2) is 0 Å². The van der Waals surface area contributed by atoms with Gasteiger partial charge in [-0.3, -0.25) is 28.6 Å². The first-order chi connectivity index (χ1) is 17.8. The van der Waals surface area contributed by atoms with Gasteiger partial charge in [0.05, 0.1) is 31.1 Å².